The molecule has 38 heavy (non-hydrogen) atoms. The van der Waals surface area contributed by atoms with Gasteiger partial charge in [-0.1, -0.05) is 35.5 Å². The van der Waals surface area contributed by atoms with Crippen molar-refractivity contribution >= 4 is 34.0 Å². The van der Waals surface area contributed by atoms with Crippen LogP contribution in [0.3, 0.4) is 0 Å². The van der Waals surface area contributed by atoms with Crippen LogP contribution in [0.2, 0.25) is 0 Å². The summed E-state index contributed by atoms with van der Waals surface area (Å²) in [6.07, 6.45) is 0. The largest absolute Gasteiger partial charge is 0.355 e. The Morgan fingerprint density at radius 2 is 1.63 bits per heavy atom. The molecule has 0 saturated carbocycles. The third-order valence-electron chi connectivity index (χ3n) is 6.07. The molecular weight excluding hydrogens is 478 g/mol. The summed E-state index contributed by atoms with van der Waals surface area (Å²) in [6.45, 7) is 3.92. The lowest BCUT2D eigenvalue weighted by molar-refractivity contribution is 0.102. The predicted octanol–water partition coefficient (Wildman–Crippen LogP) is 6.08. The lowest BCUT2D eigenvalue weighted by atomic mass is 10.1. The molecule has 0 bridgehead atoms. The van der Waals surface area contributed by atoms with Gasteiger partial charge in [-0.2, -0.15) is 5.10 Å². The highest BCUT2D eigenvalue weighted by molar-refractivity contribution is 6.07. The van der Waals surface area contributed by atoms with Gasteiger partial charge in [-0.25, -0.2) is 4.68 Å². The van der Waals surface area contributed by atoms with Crippen molar-refractivity contribution < 1.29 is 9.32 Å². The van der Waals surface area contributed by atoms with E-state index in [9.17, 15) is 4.79 Å². The Morgan fingerprint density at radius 3 is 2.34 bits per heavy atom. The molecule has 2 N–H and O–H groups in total. The Bertz CT molecular complexity index is 1740. The van der Waals surface area contributed by atoms with Crippen molar-refractivity contribution in [1.82, 2.24) is 25.1 Å². The minimum atomic E-state index is -0.224. The van der Waals surface area contributed by atoms with Gasteiger partial charge < -0.3 is 15.2 Å². The fraction of sp³-hybridized carbons (Fsp3) is 0.0690. The van der Waals surface area contributed by atoms with Gasteiger partial charge in [-0.05, 0) is 74.5 Å². The number of aryl methyl sites for hydroxylation is 2. The highest BCUT2D eigenvalue weighted by Gasteiger charge is 2.14. The molecule has 0 radical (unpaired) electrons. The first kappa shape index (κ1) is 23.1. The number of nitrogens with zero attached hydrogens (tertiary/aromatic N) is 5. The van der Waals surface area contributed by atoms with Crippen LogP contribution < -0.4 is 10.6 Å². The van der Waals surface area contributed by atoms with E-state index < -0.39 is 0 Å². The zero-order valence-corrected chi connectivity index (χ0v) is 20.7. The van der Waals surface area contributed by atoms with E-state index in [1.807, 2.05) is 86.6 Å². The quantitative estimate of drug-likeness (QED) is 0.284. The van der Waals surface area contributed by atoms with Gasteiger partial charge in [0.1, 0.15) is 5.52 Å². The van der Waals surface area contributed by atoms with Crippen molar-refractivity contribution in [3.8, 4) is 17.1 Å². The maximum atomic E-state index is 13.0. The van der Waals surface area contributed by atoms with Gasteiger partial charge in [0.15, 0.2) is 17.4 Å². The SMILES string of the molecule is Cc1cc(C)n(-c2ccc(Nc3ccc(NC(=O)c4ccc5noc(-c6ccccc6)c5c4)cc3)nn2)n1. The maximum Gasteiger partial charge on any atom is 0.255 e. The minimum absolute atomic E-state index is 0.224. The first-order valence-corrected chi connectivity index (χ1v) is 12.0. The molecule has 3 aromatic carbocycles. The number of aromatic nitrogens is 5. The van der Waals surface area contributed by atoms with Gasteiger partial charge in [-0.15, -0.1) is 10.2 Å². The van der Waals surface area contributed by atoms with Crippen molar-refractivity contribution in [2.75, 3.05) is 10.6 Å². The van der Waals surface area contributed by atoms with Gasteiger partial charge in [0, 0.05) is 28.2 Å². The Hall–Kier alpha value is -5.31. The van der Waals surface area contributed by atoms with E-state index in [1.165, 1.54) is 0 Å². The third-order valence-corrected chi connectivity index (χ3v) is 6.07. The van der Waals surface area contributed by atoms with Crippen LogP contribution in [0.25, 0.3) is 28.0 Å². The summed E-state index contributed by atoms with van der Waals surface area (Å²) in [5.74, 6) is 1.66. The van der Waals surface area contributed by atoms with Crippen molar-refractivity contribution in [3.63, 3.8) is 0 Å². The van der Waals surface area contributed by atoms with Gasteiger partial charge in [0.05, 0.1) is 11.1 Å². The van der Waals surface area contributed by atoms with E-state index in [-0.39, 0.29) is 5.91 Å². The molecular formula is C29H23N7O2. The molecule has 0 unspecified atom stereocenters. The molecule has 0 atom stereocenters. The molecule has 0 aliphatic rings. The molecule has 9 nitrogen and oxygen atoms in total. The smallest absolute Gasteiger partial charge is 0.255 e. The normalized spacial score (nSPS) is 11.0. The Balaban J connectivity index is 1.14. The van der Waals surface area contributed by atoms with E-state index in [2.05, 4.69) is 31.1 Å². The molecule has 1 amide bonds. The van der Waals surface area contributed by atoms with Crippen LogP contribution >= 0.6 is 0 Å². The van der Waals surface area contributed by atoms with Crippen molar-refractivity contribution in [2.24, 2.45) is 0 Å². The van der Waals surface area contributed by atoms with E-state index in [0.29, 0.717) is 34.2 Å². The number of fused-ring (bicyclic) bond motifs is 1. The highest BCUT2D eigenvalue weighted by atomic mass is 16.5. The molecule has 0 fully saturated rings. The lowest BCUT2D eigenvalue weighted by Crippen LogP contribution is -2.11. The lowest BCUT2D eigenvalue weighted by Gasteiger charge is -2.09. The minimum Gasteiger partial charge on any atom is -0.355 e. The van der Waals surface area contributed by atoms with Crippen LogP contribution in [0.4, 0.5) is 17.2 Å². The average molecular weight is 502 g/mol. The second-order valence-corrected chi connectivity index (χ2v) is 8.88. The number of hydrogen-bond donors (Lipinski definition) is 2. The van der Waals surface area contributed by atoms with Crippen LogP contribution in [0.1, 0.15) is 21.7 Å². The number of nitrogens with one attached hydrogen (secondary N) is 2. The zero-order chi connectivity index (χ0) is 26.1. The number of amides is 1. The van der Waals surface area contributed by atoms with Crippen LogP contribution in [0.15, 0.2) is 95.5 Å². The molecule has 9 heteroatoms. The summed E-state index contributed by atoms with van der Waals surface area (Å²) < 4.78 is 7.31. The standard InChI is InChI=1S/C29H23N7O2/c1-18-16-19(2)36(34-18)27-15-14-26(32-33-27)30-22-9-11-23(12-10-22)31-29(37)21-8-13-25-24(17-21)28(38-35-25)20-6-4-3-5-7-20/h3-17H,1-2H3,(H,30,32)(H,31,37). The number of hydrogen-bond acceptors (Lipinski definition) is 7. The zero-order valence-electron chi connectivity index (χ0n) is 20.7. The summed E-state index contributed by atoms with van der Waals surface area (Å²) in [6, 6.07) is 28.1. The van der Waals surface area contributed by atoms with Crippen molar-refractivity contribution in [1.29, 1.82) is 0 Å². The molecule has 0 saturated heterocycles. The van der Waals surface area contributed by atoms with E-state index in [1.54, 1.807) is 22.9 Å². The fourth-order valence-corrected chi connectivity index (χ4v) is 4.23. The van der Waals surface area contributed by atoms with Crippen molar-refractivity contribution in [2.45, 2.75) is 13.8 Å². The summed E-state index contributed by atoms with van der Waals surface area (Å²) in [5.41, 5.74) is 5.51. The number of carbonyl (C=O) groups is 1. The average Bonchev–Trinajstić information content (AvgIpc) is 3.52. The monoisotopic (exact) mass is 501 g/mol. The molecule has 0 aliphatic carbocycles. The summed E-state index contributed by atoms with van der Waals surface area (Å²) in [5, 5.41) is 24.0. The second kappa shape index (κ2) is 9.62. The Labute approximate surface area is 218 Å². The molecule has 0 aliphatic heterocycles. The molecule has 0 spiro atoms. The molecule has 6 rings (SSSR count). The van der Waals surface area contributed by atoms with Gasteiger partial charge in [0.2, 0.25) is 0 Å². The number of benzene rings is 3. The van der Waals surface area contributed by atoms with Gasteiger partial charge in [-0.3, -0.25) is 4.79 Å². The summed E-state index contributed by atoms with van der Waals surface area (Å²) in [4.78, 5) is 13.0. The molecule has 3 heterocycles. The predicted molar refractivity (Wildman–Crippen MR) is 146 cm³/mol. The number of anilines is 3. The Kier molecular flexibility index (Phi) is 5.85. The van der Waals surface area contributed by atoms with E-state index in [0.717, 1.165) is 28.0 Å². The molecule has 186 valence electrons. The number of rotatable bonds is 6. The maximum absolute atomic E-state index is 13.0. The van der Waals surface area contributed by atoms with E-state index >= 15 is 0 Å². The summed E-state index contributed by atoms with van der Waals surface area (Å²) >= 11 is 0. The van der Waals surface area contributed by atoms with Gasteiger partial charge >= 0.3 is 0 Å². The Morgan fingerprint density at radius 1 is 0.842 bits per heavy atom. The first-order valence-electron chi connectivity index (χ1n) is 12.0. The van der Waals surface area contributed by atoms with Crippen molar-refractivity contribution in [3.05, 3.63) is 108 Å². The fourth-order valence-electron chi connectivity index (χ4n) is 4.23. The first-order chi connectivity index (χ1) is 18.5. The van der Waals surface area contributed by atoms with E-state index in [4.69, 9.17) is 4.52 Å². The third kappa shape index (κ3) is 4.60. The van der Waals surface area contributed by atoms with Crippen LogP contribution in [0, 0.1) is 13.8 Å². The molecule has 6 aromatic rings. The van der Waals surface area contributed by atoms with Crippen LogP contribution in [0.5, 0.6) is 0 Å². The highest BCUT2D eigenvalue weighted by Crippen LogP contribution is 2.29. The van der Waals surface area contributed by atoms with Crippen LogP contribution in [-0.2, 0) is 0 Å². The van der Waals surface area contributed by atoms with Crippen LogP contribution in [-0.4, -0.2) is 31.0 Å². The topological polar surface area (TPSA) is 111 Å². The van der Waals surface area contributed by atoms with Gasteiger partial charge in [0.25, 0.3) is 5.91 Å². The number of carbonyl (C=O) groups excluding carboxylic acids is 1. The second-order valence-electron chi connectivity index (χ2n) is 8.88. The molecule has 3 aromatic heterocycles. The summed E-state index contributed by atoms with van der Waals surface area (Å²) in [7, 11) is 0.